The number of para-hydroxylation sites is 2. The minimum absolute atomic E-state index is 0.0926. The molecule has 0 saturated heterocycles. The summed E-state index contributed by atoms with van der Waals surface area (Å²) < 4.78 is 5.45. The summed E-state index contributed by atoms with van der Waals surface area (Å²) >= 11 is 0. The van der Waals surface area contributed by atoms with Crippen LogP contribution in [-0.4, -0.2) is 12.5 Å². The van der Waals surface area contributed by atoms with E-state index in [1.807, 2.05) is 37.3 Å². The topological polar surface area (TPSA) is 62.1 Å². The number of carbonyl (C=O) groups is 1. The maximum Gasteiger partial charge on any atom is 0.262 e. The third-order valence-corrected chi connectivity index (χ3v) is 2.77. The van der Waals surface area contributed by atoms with Gasteiger partial charge >= 0.3 is 0 Å². The molecule has 100 valence electrons. The van der Waals surface area contributed by atoms with E-state index in [1.165, 1.54) is 0 Å². The Labute approximate surface area is 117 Å². The van der Waals surface area contributed by atoms with Crippen molar-refractivity contribution in [2.75, 3.05) is 11.9 Å². The van der Waals surface area contributed by atoms with E-state index in [1.54, 1.807) is 24.3 Å². The number of anilines is 1. The average molecular weight is 266 g/mol. The van der Waals surface area contributed by atoms with Crippen LogP contribution < -0.4 is 10.1 Å². The van der Waals surface area contributed by atoms with Gasteiger partial charge in [0.15, 0.2) is 6.61 Å². The SMILES string of the molecule is Cc1ccccc1OCC(=O)Nc1ccccc1C#N. The predicted octanol–water partition coefficient (Wildman–Crippen LogP) is 2.88. The highest BCUT2D eigenvalue weighted by atomic mass is 16.5. The highest BCUT2D eigenvalue weighted by molar-refractivity contribution is 5.93. The van der Waals surface area contributed by atoms with Crippen molar-refractivity contribution >= 4 is 11.6 Å². The maximum absolute atomic E-state index is 11.8. The summed E-state index contributed by atoms with van der Waals surface area (Å²) in [4.78, 5) is 11.8. The van der Waals surface area contributed by atoms with Crippen LogP contribution in [0, 0.1) is 18.3 Å². The van der Waals surface area contributed by atoms with Crippen molar-refractivity contribution < 1.29 is 9.53 Å². The highest BCUT2D eigenvalue weighted by Gasteiger charge is 2.07. The molecule has 0 fully saturated rings. The van der Waals surface area contributed by atoms with Crippen LogP contribution in [0.5, 0.6) is 5.75 Å². The molecule has 0 spiro atoms. The Bertz CT molecular complexity index is 660. The van der Waals surface area contributed by atoms with Crippen LogP contribution >= 0.6 is 0 Å². The van der Waals surface area contributed by atoms with E-state index < -0.39 is 0 Å². The molecule has 0 bridgehead atoms. The maximum atomic E-state index is 11.8. The lowest BCUT2D eigenvalue weighted by molar-refractivity contribution is -0.118. The average Bonchev–Trinajstić information content (AvgIpc) is 2.47. The van der Waals surface area contributed by atoms with Crippen LogP contribution in [0.1, 0.15) is 11.1 Å². The molecule has 2 rings (SSSR count). The predicted molar refractivity (Wildman–Crippen MR) is 76.5 cm³/mol. The summed E-state index contributed by atoms with van der Waals surface area (Å²) in [5.41, 5.74) is 1.89. The van der Waals surface area contributed by atoms with Crippen LogP contribution in [0.15, 0.2) is 48.5 Å². The largest absolute Gasteiger partial charge is 0.483 e. The fourth-order valence-corrected chi connectivity index (χ4v) is 1.74. The molecule has 0 aliphatic rings. The van der Waals surface area contributed by atoms with E-state index in [4.69, 9.17) is 10.00 Å². The molecule has 1 amide bonds. The first kappa shape index (κ1) is 13.6. The van der Waals surface area contributed by atoms with Gasteiger partial charge < -0.3 is 10.1 Å². The molecule has 4 nitrogen and oxygen atoms in total. The van der Waals surface area contributed by atoms with Gasteiger partial charge in [-0.3, -0.25) is 4.79 Å². The molecular formula is C16H14N2O2. The van der Waals surface area contributed by atoms with Gasteiger partial charge in [0, 0.05) is 0 Å². The molecule has 0 atom stereocenters. The van der Waals surface area contributed by atoms with Crippen LogP contribution in [0.3, 0.4) is 0 Å². The van der Waals surface area contributed by atoms with Gasteiger partial charge in [0.2, 0.25) is 0 Å². The standard InChI is InChI=1S/C16H14N2O2/c1-12-6-2-5-9-15(12)20-11-16(19)18-14-8-4-3-7-13(14)10-17/h2-9H,11H2,1H3,(H,18,19). The van der Waals surface area contributed by atoms with Crippen LogP contribution in [0.4, 0.5) is 5.69 Å². The number of nitrogens with one attached hydrogen (secondary N) is 1. The quantitative estimate of drug-likeness (QED) is 0.925. The number of amides is 1. The number of nitrogens with zero attached hydrogens (tertiary/aromatic N) is 1. The summed E-state index contributed by atoms with van der Waals surface area (Å²) in [5.74, 6) is 0.382. The Balaban J connectivity index is 1.97. The van der Waals surface area contributed by atoms with Crippen LogP contribution in [0.25, 0.3) is 0 Å². The Morgan fingerprint density at radius 2 is 1.90 bits per heavy atom. The van der Waals surface area contributed by atoms with E-state index in [0.29, 0.717) is 17.0 Å². The number of ether oxygens (including phenoxy) is 1. The van der Waals surface area contributed by atoms with Crippen molar-refractivity contribution in [1.29, 1.82) is 5.26 Å². The van der Waals surface area contributed by atoms with Gasteiger partial charge in [0.05, 0.1) is 11.3 Å². The number of hydrogen-bond donors (Lipinski definition) is 1. The van der Waals surface area contributed by atoms with Crippen molar-refractivity contribution in [3.8, 4) is 11.8 Å². The molecule has 1 N–H and O–H groups in total. The molecule has 0 aliphatic heterocycles. The van der Waals surface area contributed by atoms with Crippen LogP contribution in [0.2, 0.25) is 0 Å². The number of carbonyl (C=O) groups excluding carboxylic acids is 1. The van der Waals surface area contributed by atoms with Crippen molar-refractivity contribution in [2.45, 2.75) is 6.92 Å². The summed E-state index contributed by atoms with van der Waals surface area (Å²) in [6, 6.07) is 16.4. The first-order valence-corrected chi connectivity index (χ1v) is 6.18. The minimum Gasteiger partial charge on any atom is -0.483 e. The zero-order valence-corrected chi connectivity index (χ0v) is 11.1. The van der Waals surface area contributed by atoms with Gasteiger partial charge in [-0.05, 0) is 30.7 Å². The second-order valence-electron chi connectivity index (χ2n) is 4.26. The van der Waals surface area contributed by atoms with E-state index in [0.717, 1.165) is 5.56 Å². The molecule has 2 aromatic rings. The molecule has 20 heavy (non-hydrogen) atoms. The molecule has 0 saturated carbocycles. The van der Waals surface area contributed by atoms with Crippen LogP contribution in [-0.2, 0) is 4.79 Å². The summed E-state index contributed by atoms with van der Waals surface area (Å²) in [6.45, 7) is 1.82. The van der Waals surface area contributed by atoms with E-state index in [9.17, 15) is 4.79 Å². The lowest BCUT2D eigenvalue weighted by Gasteiger charge is -2.10. The second kappa shape index (κ2) is 6.39. The minimum atomic E-state index is -0.295. The van der Waals surface area contributed by atoms with Gasteiger partial charge in [-0.25, -0.2) is 0 Å². The van der Waals surface area contributed by atoms with Gasteiger partial charge in [-0.15, -0.1) is 0 Å². The fraction of sp³-hybridized carbons (Fsp3) is 0.125. The Morgan fingerprint density at radius 1 is 1.20 bits per heavy atom. The van der Waals surface area contributed by atoms with Gasteiger partial charge in [-0.2, -0.15) is 5.26 Å². The fourth-order valence-electron chi connectivity index (χ4n) is 1.74. The lowest BCUT2D eigenvalue weighted by Crippen LogP contribution is -2.20. The van der Waals surface area contributed by atoms with Crippen molar-refractivity contribution in [3.05, 3.63) is 59.7 Å². The first-order chi connectivity index (χ1) is 9.70. The molecule has 2 aromatic carbocycles. The Morgan fingerprint density at radius 3 is 2.65 bits per heavy atom. The number of nitriles is 1. The van der Waals surface area contributed by atoms with Gasteiger partial charge in [0.25, 0.3) is 5.91 Å². The number of hydrogen-bond acceptors (Lipinski definition) is 3. The van der Waals surface area contributed by atoms with Gasteiger partial charge in [-0.1, -0.05) is 30.3 Å². The monoisotopic (exact) mass is 266 g/mol. The third kappa shape index (κ3) is 3.36. The molecule has 0 heterocycles. The zero-order valence-electron chi connectivity index (χ0n) is 11.1. The molecule has 0 unspecified atom stereocenters. The van der Waals surface area contributed by atoms with Crippen molar-refractivity contribution in [3.63, 3.8) is 0 Å². The molecule has 4 heteroatoms. The smallest absolute Gasteiger partial charge is 0.262 e. The number of aryl methyl sites for hydroxylation is 1. The Kier molecular flexibility index (Phi) is 4.35. The number of rotatable bonds is 4. The zero-order chi connectivity index (χ0) is 14.4. The molecule has 0 aromatic heterocycles. The molecule has 0 radical (unpaired) electrons. The number of benzene rings is 2. The summed E-state index contributed by atoms with van der Waals surface area (Å²) in [7, 11) is 0. The van der Waals surface area contributed by atoms with Crippen molar-refractivity contribution in [1.82, 2.24) is 0 Å². The van der Waals surface area contributed by atoms with Gasteiger partial charge in [0.1, 0.15) is 11.8 Å². The van der Waals surface area contributed by atoms with E-state index >= 15 is 0 Å². The molecule has 0 aliphatic carbocycles. The lowest BCUT2D eigenvalue weighted by atomic mass is 10.2. The normalized spacial score (nSPS) is 9.60. The third-order valence-electron chi connectivity index (χ3n) is 2.77. The molecular weight excluding hydrogens is 252 g/mol. The van der Waals surface area contributed by atoms with E-state index in [2.05, 4.69) is 5.32 Å². The second-order valence-corrected chi connectivity index (χ2v) is 4.26. The van der Waals surface area contributed by atoms with E-state index in [-0.39, 0.29) is 12.5 Å². The summed E-state index contributed by atoms with van der Waals surface area (Å²) in [5, 5.41) is 11.6. The van der Waals surface area contributed by atoms with Crippen molar-refractivity contribution in [2.24, 2.45) is 0 Å². The first-order valence-electron chi connectivity index (χ1n) is 6.18. The highest BCUT2D eigenvalue weighted by Crippen LogP contribution is 2.17. The summed E-state index contributed by atoms with van der Waals surface area (Å²) in [6.07, 6.45) is 0. The Hall–Kier alpha value is -2.80.